The van der Waals surface area contributed by atoms with Gasteiger partial charge in [-0.25, -0.2) is 0 Å². The minimum absolute atomic E-state index is 0.299. The van der Waals surface area contributed by atoms with Gasteiger partial charge in [-0.1, -0.05) is 37.1 Å². The molecule has 0 radical (unpaired) electrons. The molecule has 1 aromatic carbocycles. The van der Waals surface area contributed by atoms with Crippen molar-refractivity contribution in [3.8, 4) is 0 Å². The van der Waals surface area contributed by atoms with Crippen LogP contribution < -0.4 is 5.32 Å². The quantitative estimate of drug-likeness (QED) is 0.897. The molecule has 2 aromatic rings. The van der Waals surface area contributed by atoms with Crippen LogP contribution in [0.4, 0.5) is 5.82 Å². The van der Waals surface area contributed by atoms with Crippen molar-refractivity contribution in [1.82, 2.24) is 10.2 Å². The lowest BCUT2D eigenvalue weighted by Crippen LogP contribution is -2.28. The van der Waals surface area contributed by atoms with Gasteiger partial charge in [-0.05, 0) is 24.7 Å². The number of anilines is 1. The average molecular weight is 271 g/mol. The number of nitrogens with one attached hydrogen (secondary N) is 1. The van der Waals surface area contributed by atoms with Crippen LogP contribution in [0.5, 0.6) is 0 Å². The molecule has 0 bridgehead atoms. The Balaban J connectivity index is 1.73. The average Bonchev–Trinajstić information content (AvgIpc) is 2.53. The Hall–Kier alpha value is -1.68. The van der Waals surface area contributed by atoms with Gasteiger partial charge in [0.05, 0.1) is 6.20 Å². The minimum atomic E-state index is 0.299. The predicted molar refractivity (Wildman–Crippen MR) is 80.6 cm³/mol. The molecule has 1 aliphatic rings. The zero-order chi connectivity index (χ0) is 13.8. The van der Waals surface area contributed by atoms with Crippen LogP contribution in [0, 0.1) is 11.8 Å². The molecule has 1 fully saturated rings. The van der Waals surface area contributed by atoms with E-state index in [1.807, 2.05) is 18.2 Å². The zero-order valence-corrected chi connectivity index (χ0v) is 11.6. The highest BCUT2D eigenvalue weighted by molar-refractivity contribution is 5.90. The highest BCUT2D eigenvalue weighted by Gasteiger charge is 2.24. The Kier molecular flexibility index (Phi) is 4.11. The lowest BCUT2D eigenvalue weighted by Gasteiger charge is -2.30. The summed E-state index contributed by atoms with van der Waals surface area (Å²) in [6.07, 6.45) is 6.64. The summed E-state index contributed by atoms with van der Waals surface area (Å²) in [4.78, 5) is 0. The van der Waals surface area contributed by atoms with Gasteiger partial charge in [0.25, 0.3) is 0 Å². The standard InChI is InChI=1S/C16H21N3O/c20-11-14-7-2-1-5-12(14)9-17-16-15-8-4-3-6-13(15)10-18-19-16/h3-4,6,8,10,12,14,20H,1-2,5,7,9,11H2,(H,17,19). The van der Waals surface area contributed by atoms with Gasteiger partial charge in [-0.2, -0.15) is 5.10 Å². The molecule has 1 heterocycles. The molecule has 0 aliphatic heterocycles. The summed E-state index contributed by atoms with van der Waals surface area (Å²) in [5, 5.41) is 23.4. The summed E-state index contributed by atoms with van der Waals surface area (Å²) in [7, 11) is 0. The molecule has 1 saturated carbocycles. The van der Waals surface area contributed by atoms with Gasteiger partial charge in [-0.15, -0.1) is 5.10 Å². The zero-order valence-electron chi connectivity index (χ0n) is 11.6. The molecule has 106 valence electrons. The van der Waals surface area contributed by atoms with Crippen LogP contribution in [-0.4, -0.2) is 28.5 Å². The van der Waals surface area contributed by atoms with E-state index in [2.05, 4.69) is 21.6 Å². The third kappa shape index (κ3) is 2.75. The van der Waals surface area contributed by atoms with Gasteiger partial charge in [0.2, 0.25) is 0 Å². The van der Waals surface area contributed by atoms with Gasteiger partial charge >= 0.3 is 0 Å². The van der Waals surface area contributed by atoms with Crippen LogP contribution in [0.15, 0.2) is 30.5 Å². The maximum atomic E-state index is 9.47. The highest BCUT2D eigenvalue weighted by atomic mass is 16.3. The summed E-state index contributed by atoms with van der Waals surface area (Å²) in [5.41, 5.74) is 0. The van der Waals surface area contributed by atoms with E-state index in [0.29, 0.717) is 18.4 Å². The Morgan fingerprint density at radius 2 is 1.95 bits per heavy atom. The topological polar surface area (TPSA) is 58.0 Å². The fourth-order valence-electron chi connectivity index (χ4n) is 3.18. The third-order valence-electron chi connectivity index (χ3n) is 4.40. The molecular weight excluding hydrogens is 250 g/mol. The van der Waals surface area contributed by atoms with Crippen molar-refractivity contribution in [3.63, 3.8) is 0 Å². The molecule has 0 spiro atoms. The maximum absolute atomic E-state index is 9.47. The first kappa shape index (κ1) is 13.3. The maximum Gasteiger partial charge on any atom is 0.156 e. The predicted octanol–water partition coefficient (Wildman–Crippen LogP) is 2.84. The van der Waals surface area contributed by atoms with Crippen molar-refractivity contribution in [2.75, 3.05) is 18.5 Å². The van der Waals surface area contributed by atoms with Crippen molar-refractivity contribution < 1.29 is 5.11 Å². The number of aromatic nitrogens is 2. The Bertz CT molecular complexity index is 567. The van der Waals surface area contributed by atoms with Crippen molar-refractivity contribution in [1.29, 1.82) is 0 Å². The fourth-order valence-corrected chi connectivity index (χ4v) is 3.18. The first-order chi connectivity index (χ1) is 9.88. The first-order valence-electron chi connectivity index (χ1n) is 7.43. The van der Waals surface area contributed by atoms with Crippen LogP contribution >= 0.6 is 0 Å². The van der Waals surface area contributed by atoms with Gasteiger partial charge in [0.15, 0.2) is 5.82 Å². The summed E-state index contributed by atoms with van der Waals surface area (Å²) in [5.74, 6) is 1.82. The molecule has 4 heteroatoms. The molecule has 3 rings (SSSR count). The lowest BCUT2D eigenvalue weighted by molar-refractivity contribution is 0.141. The SMILES string of the molecule is OCC1CCCCC1CNc1nncc2ccccc12. The molecule has 1 aromatic heterocycles. The Labute approximate surface area is 119 Å². The van der Waals surface area contributed by atoms with Gasteiger partial charge in [0.1, 0.15) is 0 Å². The summed E-state index contributed by atoms with van der Waals surface area (Å²) in [6, 6.07) is 8.14. The van der Waals surface area contributed by atoms with E-state index in [1.165, 1.54) is 19.3 Å². The van der Waals surface area contributed by atoms with Crippen LogP contribution in [0.25, 0.3) is 10.8 Å². The van der Waals surface area contributed by atoms with Crippen LogP contribution in [0.1, 0.15) is 25.7 Å². The Morgan fingerprint density at radius 1 is 1.15 bits per heavy atom. The minimum Gasteiger partial charge on any atom is -0.396 e. The molecule has 2 N–H and O–H groups in total. The van der Waals surface area contributed by atoms with Gasteiger partial charge in [-0.3, -0.25) is 0 Å². The fraction of sp³-hybridized carbons (Fsp3) is 0.500. The van der Waals surface area contributed by atoms with E-state index in [4.69, 9.17) is 0 Å². The summed E-state index contributed by atoms with van der Waals surface area (Å²) < 4.78 is 0. The number of hydrogen-bond acceptors (Lipinski definition) is 4. The van der Waals surface area contributed by atoms with Crippen LogP contribution in [-0.2, 0) is 0 Å². The molecule has 0 amide bonds. The monoisotopic (exact) mass is 271 g/mol. The lowest BCUT2D eigenvalue weighted by atomic mass is 9.79. The van der Waals surface area contributed by atoms with Crippen LogP contribution in [0.3, 0.4) is 0 Å². The van der Waals surface area contributed by atoms with E-state index in [9.17, 15) is 5.11 Å². The van der Waals surface area contributed by atoms with Gasteiger partial charge in [0, 0.05) is 23.9 Å². The second kappa shape index (κ2) is 6.18. The molecule has 2 unspecified atom stereocenters. The second-order valence-corrected chi connectivity index (χ2v) is 5.65. The van der Waals surface area contributed by atoms with Crippen molar-refractivity contribution in [2.45, 2.75) is 25.7 Å². The molecule has 20 heavy (non-hydrogen) atoms. The summed E-state index contributed by atoms with van der Waals surface area (Å²) >= 11 is 0. The van der Waals surface area contributed by atoms with E-state index in [1.54, 1.807) is 6.20 Å². The molecule has 1 aliphatic carbocycles. The Morgan fingerprint density at radius 3 is 2.80 bits per heavy atom. The normalized spacial score (nSPS) is 22.9. The number of aliphatic hydroxyl groups is 1. The van der Waals surface area contributed by atoms with E-state index in [0.717, 1.165) is 29.6 Å². The summed E-state index contributed by atoms with van der Waals surface area (Å²) in [6.45, 7) is 1.17. The largest absolute Gasteiger partial charge is 0.396 e. The van der Waals surface area contributed by atoms with Crippen LogP contribution in [0.2, 0.25) is 0 Å². The number of hydrogen-bond donors (Lipinski definition) is 2. The smallest absolute Gasteiger partial charge is 0.156 e. The molecule has 4 nitrogen and oxygen atoms in total. The van der Waals surface area contributed by atoms with Crippen molar-refractivity contribution in [2.24, 2.45) is 11.8 Å². The number of nitrogens with zero attached hydrogens (tertiary/aromatic N) is 2. The third-order valence-corrected chi connectivity index (χ3v) is 4.40. The number of aliphatic hydroxyl groups excluding tert-OH is 1. The molecular formula is C16H21N3O. The van der Waals surface area contributed by atoms with E-state index >= 15 is 0 Å². The number of benzene rings is 1. The first-order valence-corrected chi connectivity index (χ1v) is 7.43. The van der Waals surface area contributed by atoms with Crippen molar-refractivity contribution in [3.05, 3.63) is 30.5 Å². The van der Waals surface area contributed by atoms with Gasteiger partial charge < -0.3 is 10.4 Å². The van der Waals surface area contributed by atoms with Crippen molar-refractivity contribution >= 4 is 16.6 Å². The number of rotatable bonds is 4. The second-order valence-electron chi connectivity index (χ2n) is 5.65. The molecule has 2 atom stereocenters. The molecule has 0 saturated heterocycles. The van der Waals surface area contributed by atoms with E-state index < -0.39 is 0 Å². The number of fused-ring (bicyclic) bond motifs is 1. The van der Waals surface area contributed by atoms with E-state index in [-0.39, 0.29) is 0 Å². The highest BCUT2D eigenvalue weighted by Crippen LogP contribution is 2.30.